The fourth-order valence-electron chi connectivity index (χ4n) is 5.45. The monoisotopic (exact) mass is 656 g/mol. The number of nitrogens with one attached hydrogen (secondary N) is 4. The molecular weight excluding hydrogens is 624 g/mol. The minimum Gasteiger partial charge on any atom is -0.497 e. The van der Waals surface area contributed by atoms with Gasteiger partial charge in [0.15, 0.2) is 0 Å². The third kappa shape index (κ3) is 7.31. The van der Waals surface area contributed by atoms with Crippen molar-refractivity contribution >= 4 is 70.0 Å². The standard InChI is InChI=1S/C18H18N2O4.C17H15ClN2O3/c1-10-11(3-6-17(21)22)9-19-15(10)8-14-13-5-4-12(24-2)7-16(13)20-18(14)23;1-9-10(2-5-16(21)22)8-19-15(9)7-13-12-6-11(18)3-4-14(12)20-17(13)23/h4-5,7-9,19H,3,6H2,1-2H3,(H,20,23)(H,21,22);3-4,6-8,19H,2,5H2,1H3,(H,20,23)(H,21,22). The van der Waals surface area contributed by atoms with Gasteiger partial charge in [-0.25, -0.2) is 0 Å². The van der Waals surface area contributed by atoms with E-state index < -0.39 is 11.9 Å². The summed E-state index contributed by atoms with van der Waals surface area (Å²) in [6, 6.07) is 10.7. The second-order valence-corrected chi connectivity index (χ2v) is 11.6. The van der Waals surface area contributed by atoms with Crippen LogP contribution in [0.5, 0.6) is 5.75 Å². The van der Waals surface area contributed by atoms with Gasteiger partial charge in [-0.2, -0.15) is 0 Å². The number of fused-ring (bicyclic) bond motifs is 2. The number of hydrogen-bond donors (Lipinski definition) is 6. The summed E-state index contributed by atoms with van der Waals surface area (Å²) in [4.78, 5) is 52.1. The van der Waals surface area contributed by atoms with Crippen molar-refractivity contribution in [2.75, 3.05) is 17.7 Å². The predicted molar refractivity (Wildman–Crippen MR) is 180 cm³/mol. The van der Waals surface area contributed by atoms with Gasteiger partial charge in [0.2, 0.25) is 0 Å². The van der Waals surface area contributed by atoms with Gasteiger partial charge in [-0.1, -0.05) is 11.6 Å². The van der Waals surface area contributed by atoms with E-state index in [4.69, 9.17) is 26.6 Å². The Kier molecular flexibility index (Phi) is 9.67. The van der Waals surface area contributed by atoms with Crippen molar-refractivity contribution in [2.24, 2.45) is 0 Å². The van der Waals surface area contributed by atoms with Gasteiger partial charge in [-0.05, 0) is 91.4 Å². The summed E-state index contributed by atoms with van der Waals surface area (Å²) in [6.07, 6.45) is 8.23. The molecule has 0 radical (unpaired) electrons. The number of aliphatic carboxylic acids is 2. The van der Waals surface area contributed by atoms with Gasteiger partial charge in [0.1, 0.15) is 5.75 Å². The lowest BCUT2D eigenvalue weighted by Gasteiger charge is -2.03. The molecule has 0 atom stereocenters. The van der Waals surface area contributed by atoms with Crippen LogP contribution in [0.3, 0.4) is 0 Å². The van der Waals surface area contributed by atoms with E-state index in [1.54, 1.807) is 55.9 Å². The lowest BCUT2D eigenvalue weighted by Crippen LogP contribution is -2.03. The summed E-state index contributed by atoms with van der Waals surface area (Å²) in [6.45, 7) is 3.83. The molecule has 0 fully saturated rings. The third-order valence-corrected chi connectivity index (χ3v) is 8.38. The lowest BCUT2D eigenvalue weighted by molar-refractivity contribution is -0.138. The van der Waals surface area contributed by atoms with Crippen molar-refractivity contribution in [3.05, 3.63) is 98.6 Å². The average molecular weight is 657 g/mol. The van der Waals surface area contributed by atoms with Gasteiger partial charge in [0.25, 0.3) is 11.8 Å². The topological polar surface area (TPSA) is 174 Å². The molecule has 2 aromatic carbocycles. The molecule has 0 aliphatic carbocycles. The molecule has 4 aromatic rings. The van der Waals surface area contributed by atoms with Gasteiger partial charge < -0.3 is 35.6 Å². The number of benzene rings is 2. The molecule has 6 N–H and O–H groups in total. The fraction of sp³-hybridized carbons (Fsp3) is 0.200. The lowest BCUT2D eigenvalue weighted by atomic mass is 10.0. The first-order chi connectivity index (χ1) is 22.4. The maximum absolute atomic E-state index is 12.3. The average Bonchev–Trinajstić information content (AvgIpc) is 3.75. The zero-order valence-corrected chi connectivity index (χ0v) is 26.7. The van der Waals surface area contributed by atoms with Crippen LogP contribution in [0.15, 0.2) is 48.8 Å². The second kappa shape index (κ2) is 13.8. The molecule has 0 saturated heterocycles. The predicted octanol–water partition coefficient (Wildman–Crippen LogP) is 6.33. The molecule has 11 nitrogen and oxygen atoms in total. The quantitative estimate of drug-likeness (QED) is 0.114. The summed E-state index contributed by atoms with van der Waals surface area (Å²) >= 11 is 6.02. The first kappa shape index (κ1) is 32.8. The highest BCUT2D eigenvalue weighted by Crippen LogP contribution is 2.37. The number of anilines is 2. The number of carbonyl (C=O) groups excluding carboxylic acids is 2. The van der Waals surface area contributed by atoms with E-state index in [0.717, 1.165) is 56.1 Å². The van der Waals surface area contributed by atoms with Crippen molar-refractivity contribution in [2.45, 2.75) is 39.5 Å². The number of methoxy groups -OCH3 is 1. The second-order valence-electron chi connectivity index (χ2n) is 11.1. The number of carbonyl (C=O) groups is 4. The van der Waals surface area contributed by atoms with E-state index in [0.29, 0.717) is 34.8 Å². The molecule has 47 heavy (non-hydrogen) atoms. The number of carboxylic acids is 2. The summed E-state index contributed by atoms with van der Waals surface area (Å²) in [5.74, 6) is -1.32. The number of aromatic amines is 2. The Labute approximate surface area is 275 Å². The van der Waals surface area contributed by atoms with Gasteiger partial charge in [-0.3, -0.25) is 19.2 Å². The number of amides is 2. The van der Waals surface area contributed by atoms with E-state index in [2.05, 4.69) is 20.6 Å². The fourth-order valence-corrected chi connectivity index (χ4v) is 5.62. The number of H-pyrrole nitrogens is 2. The molecule has 4 heterocycles. The summed E-state index contributed by atoms with van der Waals surface area (Å²) < 4.78 is 5.17. The Hall–Kier alpha value is -5.55. The van der Waals surface area contributed by atoms with Crippen molar-refractivity contribution in [3.8, 4) is 5.75 Å². The highest BCUT2D eigenvalue weighted by molar-refractivity contribution is 6.37. The van der Waals surface area contributed by atoms with Crippen LogP contribution in [0.4, 0.5) is 11.4 Å². The maximum Gasteiger partial charge on any atom is 0.303 e. The van der Waals surface area contributed by atoms with Gasteiger partial charge in [0, 0.05) is 64.5 Å². The number of halogens is 1. The summed E-state index contributed by atoms with van der Waals surface area (Å²) in [5, 5.41) is 23.8. The van der Waals surface area contributed by atoms with Crippen LogP contribution in [0.25, 0.3) is 23.3 Å². The van der Waals surface area contributed by atoms with Crippen LogP contribution in [0.2, 0.25) is 5.02 Å². The van der Waals surface area contributed by atoms with Crippen LogP contribution in [0, 0.1) is 13.8 Å². The Morgan fingerprint density at radius 3 is 1.83 bits per heavy atom. The van der Waals surface area contributed by atoms with E-state index in [1.807, 2.05) is 26.0 Å². The van der Waals surface area contributed by atoms with Gasteiger partial charge in [0.05, 0.1) is 23.9 Å². The normalized spacial score (nSPS) is 14.7. The van der Waals surface area contributed by atoms with Crippen LogP contribution in [-0.2, 0) is 32.0 Å². The molecule has 242 valence electrons. The van der Waals surface area contributed by atoms with Crippen LogP contribution < -0.4 is 15.4 Å². The third-order valence-electron chi connectivity index (χ3n) is 8.14. The molecular formula is C35H33ClN4O7. The van der Waals surface area contributed by atoms with E-state index >= 15 is 0 Å². The van der Waals surface area contributed by atoms with Crippen molar-refractivity contribution in [1.29, 1.82) is 0 Å². The first-order valence-electron chi connectivity index (χ1n) is 14.8. The Morgan fingerprint density at radius 2 is 1.30 bits per heavy atom. The van der Waals surface area contributed by atoms with Crippen molar-refractivity contribution < 1.29 is 34.1 Å². The molecule has 12 heteroatoms. The number of ether oxygens (including phenoxy) is 1. The summed E-state index contributed by atoms with van der Waals surface area (Å²) in [7, 11) is 1.58. The van der Waals surface area contributed by atoms with Crippen molar-refractivity contribution in [1.82, 2.24) is 9.97 Å². The SMILES string of the molecule is COc1ccc2c(c1)NC(=O)C2=Cc1[nH]cc(CCC(=O)O)c1C.Cc1c(CCC(=O)O)c[nH]c1C=C1C(=O)Nc2ccc(Cl)cc21. The molecule has 0 spiro atoms. The molecule has 2 amide bonds. The Morgan fingerprint density at radius 1 is 0.766 bits per heavy atom. The molecule has 2 aromatic heterocycles. The zero-order chi connectivity index (χ0) is 33.8. The molecule has 6 rings (SSSR count). The first-order valence-corrected chi connectivity index (χ1v) is 15.1. The van der Waals surface area contributed by atoms with Gasteiger partial charge in [-0.15, -0.1) is 0 Å². The minimum atomic E-state index is -0.829. The Bertz CT molecular complexity index is 1970. The van der Waals surface area contributed by atoms with E-state index in [1.165, 1.54) is 0 Å². The molecule has 2 aliphatic rings. The minimum absolute atomic E-state index is 0.0770. The maximum atomic E-state index is 12.3. The van der Waals surface area contributed by atoms with Crippen molar-refractivity contribution in [3.63, 3.8) is 0 Å². The van der Waals surface area contributed by atoms with Crippen LogP contribution in [-0.4, -0.2) is 51.0 Å². The van der Waals surface area contributed by atoms with Gasteiger partial charge >= 0.3 is 11.9 Å². The molecule has 0 unspecified atom stereocenters. The zero-order valence-electron chi connectivity index (χ0n) is 25.9. The molecule has 0 bridgehead atoms. The number of hydrogen-bond acceptors (Lipinski definition) is 5. The van der Waals surface area contributed by atoms with Crippen LogP contribution >= 0.6 is 11.6 Å². The van der Waals surface area contributed by atoms with Crippen LogP contribution in [0.1, 0.15) is 57.6 Å². The Balaban J connectivity index is 0.000000185. The van der Waals surface area contributed by atoms with E-state index in [9.17, 15) is 19.2 Å². The smallest absolute Gasteiger partial charge is 0.303 e. The number of carboxylic acid groups (broad SMARTS) is 2. The number of aromatic nitrogens is 2. The number of aryl methyl sites for hydroxylation is 2. The number of rotatable bonds is 9. The summed E-state index contributed by atoms with van der Waals surface area (Å²) in [5.41, 5.74) is 9.54. The highest BCUT2D eigenvalue weighted by atomic mass is 35.5. The molecule has 2 aliphatic heterocycles. The highest BCUT2D eigenvalue weighted by Gasteiger charge is 2.26. The largest absolute Gasteiger partial charge is 0.497 e. The molecule has 0 saturated carbocycles. The van der Waals surface area contributed by atoms with E-state index in [-0.39, 0.29) is 24.7 Å².